The molecule has 1 N–H and O–H groups in total. The van der Waals surface area contributed by atoms with Gasteiger partial charge in [-0.2, -0.15) is 0 Å². The number of aromatic amines is 1. The Labute approximate surface area is 95.5 Å². The van der Waals surface area contributed by atoms with Crippen molar-refractivity contribution in [3.05, 3.63) is 27.7 Å². The predicted octanol–water partition coefficient (Wildman–Crippen LogP) is 1.98. The zero-order chi connectivity index (χ0) is 12.3. The lowest BCUT2D eigenvalue weighted by molar-refractivity contribution is -0.275. The van der Waals surface area contributed by atoms with Crippen LogP contribution in [0.25, 0.3) is 0 Å². The van der Waals surface area contributed by atoms with Crippen molar-refractivity contribution in [2.75, 3.05) is 0 Å². The number of pyridine rings is 1. The molecule has 0 spiro atoms. The lowest BCUT2D eigenvalue weighted by atomic mass is 10.3. The third-order valence-electron chi connectivity index (χ3n) is 1.56. The van der Waals surface area contributed by atoms with Crippen molar-refractivity contribution in [3.8, 4) is 5.75 Å². The van der Waals surface area contributed by atoms with E-state index < -0.39 is 17.5 Å². The molecule has 1 aromatic heterocycles. The smallest absolute Gasteiger partial charge is 0.400 e. The van der Waals surface area contributed by atoms with Crippen molar-refractivity contribution in [1.82, 2.24) is 4.98 Å². The number of nitrogens with one attached hydrogen (secondary N) is 1. The molecule has 0 radical (unpaired) electrons. The Kier molecular flexibility index (Phi) is 3.74. The molecule has 0 unspecified atom stereocenters. The number of carbonyl (C=O) groups is 1. The topological polar surface area (TPSA) is 59.2 Å². The summed E-state index contributed by atoms with van der Waals surface area (Å²) in [5.41, 5.74) is -1.27. The molecule has 1 aromatic rings. The molecule has 0 saturated carbocycles. The third kappa shape index (κ3) is 3.09. The van der Waals surface area contributed by atoms with Crippen LogP contribution in [0.3, 0.4) is 0 Å². The van der Waals surface area contributed by atoms with Gasteiger partial charge in [-0.15, -0.1) is 13.2 Å². The number of rotatable bonds is 3. The summed E-state index contributed by atoms with van der Waals surface area (Å²) in [6.45, 7) is 0. The number of H-pyrrole nitrogens is 1. The van der Waals surface area contributed by atoms with Crippen molar-refractivity contribution < 1.29 is 22.7 Å². The van der Waals surface area contributed by atoms with Crippen LogP contribution in [0.15, 0.2) is 10.9 Å². The first-order chi connectivity index (χ1) is 7.37. The second-order valence-corrected chi connectivity index (χ2v) is 3.26. The van der Waals surface area contributed by atoms with Gasteiger partial charge in [-0.05, 0) is 0 Å². The van der Waals surface area contributed by atoms with Gasteiger partial charge in [0.15, 0.2) is 12.0 Å². The van der Waals surface area contributed by atoms with Crippen molar-refractivity contribution in [2.45, 2.75) is 11.7 Å². The van der Waals surface area contributed by atoms with E-state index in [0.717, 1.165) is 6.07 Å². The van der Waals surface area contributed by atoms with Gasteiger partial charge in [-0.3, -0.25) is 9.59 Å². The average molecular weight is 300 g/mol. The maximum absolute atomic E-state index is 12.0. The first-order valence-electron chi connectivity index (χ1n) is 3.90. The number of alkyl halides is 4. The van der Waals surface area contributed by atoms with E-state index in [0.29, 0.717) is 6.29 Å². The van der Waals surface area contributed by atoms with Crippen LogP contribution in [-0.4, -0.2) is 17.6 Å². The Hall–Kier alpha value is -1.31. The predicted molar refractivity (Wildman–Crippen MR) is 51.8 cm³/mol. The molecule has 0 bridgehead atoms. The molecule has 0 aromatic carbocycles. The number of halogens is 4. The molecular formula is C8H5BrF3NO3. The van der Waals surface area contributed by atoms with Gasteiger partial charge in [0.25, 0.3) is 0 Å². The first kappa shape index (κ1) is 12.8. The Morgan fingerprint density at radius 3 is 2.56 bits per heavy atom. The maximum Gasteiger partial charge on any atom is 0.573 e. The van der Waals surface area contributed by atoms with Gasteiger partial charge < -0.3 is 9.72 Å². The summed E-state index contributed by atoms with van der Waals surface area (Å²) in [4.78, 5) is 23.9. The molecule has 0 fully saturated rings. The lowest BCUT2D eigenvalue weighted by Gasteiger charge is -2.11. The van der Waals surface area contributed by atoms with Crippen LogP contribution in [0.5, 0.6) is 5.75 Å². The van der Waals surface area contributed by atoms with Gasteiger partial charge in [-0.25, -0.2) is 0 Å². The second-order valence-electron chi connectivity index (χ2n) is 2.70. The van der Waals surface area contributed by atoms with Gasteiger partial charge in [0, 0.05) is 11.4 Å². The largest absolute Gasteiger partial charge is 0.573 e. The van der Waals surface area contributed by atoms with E-state index in [9.17, 15) is 22.8 Å². The Morgan fingerprint density at radius 2 is 2.12 bits per heavy atom. The molecule has 88 valence electrons. The number of hydrogen-bond acceptors (Lipinski definition) is 3. The molecule has 0 atom stereocenters. The van der Waals surface area contributed by atoms with Gasteiger partial charge in [0.2, 0.25) is 5.43 Å². The molecule has 16 heavy (non-hydrogen) atoms. The minimum atomic E-state index is -4.95. The summed E-state index contributed by atoms with van der Waals surface area (Å²) in [7, 11) is 0. The standard InChI is InChI=1S/C8H5BrF3NO3/c9-2-5-7(16-8(10,11)12)6(15)1-4(3-14)13-5/h1,3H,2H2,(H,13,15). The van der Waals surface area contributed by atoms with Crippen molar-refractivity contribution in [3.63, 3.8) is 0 Å². The molecule has 8 heteroatoms. The van der Waals surface area contributed by atoms with E-state index in [1.807, 2.05) is 0 Å². The SMILES string of the molecule is O=Cc1cc(=O)c(OC(F)(F)F)c(CBr)[nH]1. The Bertz CT molecular complexity index is 455. The third-order valence-corrected chi connectivity index (χ3v) is 2.12. The van der Waals surface area contributed by atoms with Gasteiger partial charge in [-0.1, -0.05) is 15.9 Å². The molecule has 0 saturated heterocycles. The van der Waals surface area contributed by atoms with E-state index in [4.69, 9.17) is 0 Å². The number of carbonyl (C=O) groups excluding carboxylic acids is 1. The monoisotopic (exact) mass is 299 g/mol. The quantitative estimate of drug-likeness (QED) is 0.686. The van der Waals surface area contributed by atoms with E-state index >= 15 is 0 Å². The highest BCUT2D eigenvalue weighted by atomic mass is 79.9. The molecule has 0 aliphatic rings. The molecule has 1 heterocycles. The summed E-state index contributed by atoms with van der Waals surface area (Å²) >= 11 is 2.88. The van der Waals surface area contributed by atoms with Crippen molar-refractivity contribution in [2.24, 2.45) is 0 Å². The normalized spacial score (nSPS) is 11.2. The highest BCUT2D eigenvalue weighted by Crippen LogP contribution is 2.23. The Morgan fingerprint density at radius 1 is 1.50 bits per heavy atom. The summed E-state index contributed by atoms with van der Waals surface area (Å²) in [6, 6.07) is 0.736. The summed E-state index contributed by atoms with van der Waals surface area (Å²) in [6.07, 6.45) is -4.63. The van der Waals surface area contributed by atoms with Crippen LogP contribution in [-0.2, 0) is 5.33 Å². The Balaban J connectivity index is 3.27. The molecule has 4 nitrogen and oxygen atoms in total. The fourth-order valence-electron chi connectivity index (χ4n) is 1.01. The highest BCUT2D eigenvalue weighted by Gasteiger charge is 2.33. The fourth-order valence-corrected chi connectivity index (χ4v) is 1.40. The van der Waals surface area contributed by atoms with Crippen LogP contribution < -0.4 is 10.2 Å². The second kappa shape index (κ2) is 4.69. The fraction of sp³-hybridized carbons (Fsp3) is 0.250. The van der Waals surface area contributed by atoms with Crippen LogP contribution in [0.2, 0.25) is 0 Å². The van der Waals surface area contributed by atoms with Crippen LogP contribution in [0.1, 0.15) is 16.2 Å². The van der Waals surface area contributed by atoms with E-state index in [-0.39, 0.29) is 16.7 Å². The summed E-state index contributed by atoms with van der Waals surface area (Å²) < 4.78 is 39.4. The van der Waals surface area contributed by atoms with E-state index in [1.54, 1.807) is 0 Å². The minimum Gasteiger partial charge on any atom is -0.400 e. The number of ether oxygens (including phenoxy) is 1. The maximum atomic E-state index is 12.0. The molecular weight excluding hydrogens is 295 g/mol. The zero-order valence-corrected chi connectivity index (χ0v) is 9.18. The minimum absolute atomic E-state index is 0.0741. The summed E-state index contributed by atoms with van der Waals surface area (Å²) in [5.74, 6) is -0.866. The molecule has 0 amide bonds. The highest BCUT2D eigenvalue weighted by molar-refractivity contribution is 9.08. The number of aldehydes is 1. The van der Waals surface area contributed by atoms with Crippen molar-refractivity contribution in [1.29, 1.82) is 0 Å². The van der Waals surface area contributed by atoms with E-state index in [1.165, 1.54) is 0 Å². The van der Waals surface area contributed by atoms with Gasteiger partial charge in [0.1, 0.15) is 0 Å². The zero-order valence-electron chi connectivity index (χ0n) is 7.60. The van der Waals surface area contributed by atoms with Crippen LogP contribution in [0, 0.1) is 0 Å². The van der Waals surface area contributed by atoms with Crippen LogP contribution in [0.4, 0.5) is 13.2 Å². The number of hydrogen-bond donors (Lipinski definition) is 1. The molecule has 0 aliphatic carbocycles. The van der Waals surface area contributed by atoms with Crippen LogP contribution >= 0.6 is 15.9 Å². The number of aromatic nitrogens is 1. The molecule has 0 aliphatic heterocycles. The average Bonchev–Trinajstić information content (AvgIpc) is 2.19. The van der Waals surface area contributed by atoms with Gasteiger partial charge in [0.05, 0.1) is 11.4 Å². The molecule has 1 rings (SSSR count). The van der Waals surface area contributed by atoms with Crippen molar-refractivity contribution >= 4 is 22.2 Å². The lowest BCUT2D eigenvalue weighted by Crippen LogP contribution is -2.23. The first-order valence-corrected chi connectivity index (χ1v) is 5.02. The van der Waals surface area contributed by atoms with E-state index in [2.05, 4.69) is 25.7 Å². The summed E-state index contributed by atoms with van der Waals surface area (Å²) in [5, 5.41) is -0.0741. The van der Waals surface area contributed by atoms with Gasteiger partial charge >= 0.3 is 6.36 Å².